The first-order valence-electron chi connectivity index (χ1n) is 12.4. The minimum atomic E-state index is -0.850. The molecule has 0 fully saturated rings. The standard InChI is InChI=1S/C28H45N3O4S/c1-11-35-26(34)19(4)17-21(18(2)3)31(10)25(33)23(27(5,6)7)30-24(32)22(29)28(8,9)36-20-15-13-12-14-16-20/h12-18,21-23H,11,29H2,1-10H3,(H,30,32)/b19-17+. The van der Waals surface area contributed by atoms with E-state index in [1.165, 1.54) is 11.8 Å². The van der Waals surface area contributed by atoms with Crippen LogP contribution in [0.25, 0.3) is 0 Å². The van der Waals surface area contributed by atoms with Gasteiger partial charge >= 0.3 is 5.97 Å². The monoisotopic (exact) mass is 519 g/mol. The molecule has 3 N–H and O–H groups in total. The van der Waals surface area contributed by atoms with Crippen molar-refractivity contribution in [1.29, 1.82) is 0 Å². The molecule has 0 saturated carbocycles. The van der Waals surface area contributed by atoms with Gasteiger partial charge in [-0.25, -0.2) is 4.79 Å². The Morgan fingerprint density at radius 3 is 2.14 bits per heavy atom. The van der Waals surface area contributed by atoms with E-state index in [2.05, 4.69) is 5.32 Å². The molecule has 0 heterocycles. The van der Waals surface area contributed by atoms with E-state index in [0.29, 0.717) is 5.57 Å². The Hall–Kier alpha value is -2.32. The van der Waals surface area contributed by atoms with Crippen LogP contribution in [0.4, 0.5) is 0 Å². The van der Waals surface area contributed by atoms with E-state index in [1.54, 1.807) is 31.9 Å². The minimum Gasteiger partial charge on any atom is -0.463 e. The third-order valence-electron chi connectivity index (χ3n) is 6.05. The lowest BCUT2D eigenvalue weighted by Crippen LogP contribution is -2.61. The van der Waals surface area contributed by atoms with E-state index >= 15 is 0 Å². The van der Waals surface area contributed by atoms with Gasteiger partial charge in [0.2, 0.25) is 11.8 Å². The summed E-state index contributed by atoms with van der Waals surface area (Å²) in [4.78, 5) is 41.8. The molecule has 2 amide bonds. The molecule has 0 radical (unpaired) electrons. The van der Waals surface area contributed by atoms with Gasteiger partial charge in [0.15, 0.2) is 0 Å². The Bertz CT molecular complexity index is 922. The normalized spacial score (nSPS) is 15.2. The van der Waals surface area contributed by atoms with Gasteiger partial charge in [-0.3, -0.25) is 9.59 Å². The fraction of sp³-hybridized carbons (Fsp3) is 0.607. The smallest absolute Gasteiger partial charge is 0.333 e. The van der Waals surface area contributed by atoms with Crippen molar-refractivity contribution in [3.05, 3.63) is 42.0 Å². The van der Waals surface area contributed by atoms with Crippen LogP contribution in [-0.4, -0.2) is 59.2 Å². The van der Waals surface area contributed by atoms with Crippen LogP contribution in [0.1, 0.15) is 62.3 Å². The Morgan fingerprint density at radius 1 is 1.11 bits per heavy atom. The quantitative estimate of drug-likeness (QED) is 0.255. The molecule has 1 aromatic carbocycles. The van der Waals surface area contributed by atoms with E-state index in [1.807, 2.05) is 78.8 Å². The predicted molar refractivity (Wildman–Crippen MR) is 148 cm³/mol. The molecule has 0 spiro atoms. The van der Waals surface area contributed by atoms with Gasteiger partial charge in [0.25, 0.3) is 0 Å². The largest absolute Gasteiger partial charge is 0.463 e. The van der Waals surface area contributed by atoms with Crippen LogP contribution >= 0.6 is 11.8 Å². The Morgan fingerprint density at radius 2 is 1.67 bits per heavy atom. The lowest BCUT2D eigenvalue weighted by molar-refractivity contribution is -0.141. The first kappa shape index (κ1) is 31.7. The average molecular weight is 520 g/mol. The van der Waals surface area contributed by atoms with Crippen molar-refractivity contribution < 1.29 is 19.1 Å². The average Bonchev–Trinajstić information content (AvgIpc) is 2.78. The zero-order valence-electron chi connectivity index (χ0n) is 23.5. The fourth-order valence-corrected chi connectivity index (χ4v) is 4.86. The summed E-state index contributed by atoms with van der Waals surface area (Å²) in [5, 5.41) is 2.94. The third kappa shape index (κ3) is 8.96. The topological polar surface area (TPSA) is 102 Å². The highest BCUT2D eigenvalue weighted by molar-refractivity contribution is 8.00. The second kappa shape index (κ2) is 13.3. The van der Waals surface area contributed by atoms with Gasteiger partial charge in [-0.15, -0.1) is 11.8 Å². The lowest BCUT2D eigenvalue weighted by Gasteiger charge is -2.39. The fourth-order valence-electron chi connectivity index (χ4n) is 3.72. The number of hydrogen-bond acceptors (Lipinski definition) is 6. The van der Waals surface area contributed by atoms with Gasteiger partial charge in [-0.2, -0.15) is 0 Å². The van der Waals surface area contributed by atoms with E-state index in [0.717, 1.165) is 4.90 Å². The van der Waals surface area contributed by atoms with E-state index in [9.17, 15) is 14.4 Å². The number of amides is 2. The zero-order valence-corrected chi connectivity index (χ0v) is 24.4. The molecule has 0 saturated heterocycles. The number of rotatable bonds is 11. The maximum atomic E-state index is 13.7. The van der Waals surface area contributed by atoms with Crippen molar-refractivity contribution in [3.8, 4) is 0 Å². The zero-order chi connectivity index (χ0) is 27.8. The van der Waals surface area contributed by atoms with Gasteiger partial charge in [0.1, 0.15) is 6.04 Å². The van der Waals surface area contributed by atoms with Crippen LogP contribution < -0.4 is 11.1 Å². The molecule has 0 aliphatic rings. The molecule has 7 nitrogen and oxygen atoms in total. The van der Waals surface area contributed by atoms with Gasteiger partial charge in [-0.05, 0) is 51.2 Å². The molecule has 36 heavy (non-hydrogen) atoms. The number of benzene rings is 1. The number of nitrogens with zero attached hydrogens (tertiary/aromatic N) is 1. The Kier molecular flexibility index (Phi) is 11.7. The lowest BCUT2D eigenvalue weighted by atomic mass is 9.84. The molecule has 1 aromatic rings. The molecule has 202 valence electrons. The summed E-state index contributed by atoms with van der Waals surface area (Å²) < 4.78 is 4.49. The van der Waals surface area contributed by atoms with Crippen LogP contribution in [0.15, 0.2) is 46.9 Å². The molecule has 8 heteroatoms. The summed E-state index contributed by atoms with van der Waals surface area (Å²) in [6.45, 7) is 17.2. The second-order valence-corrected chi connectivity index (χ2v) is 12.8. The van der Waals surface area contributed by atoms with Gasteiger partial charge in [-0.1, -0.05) is 58.9 Å². The van der Waals surface area contributed by atoms with Crippen LogP contribution in [0.3, 0.4) is 0 Å². The van der Waals surface area contributed by atoms with Crippen molar-refractivity contribution in [2.24, 2.45) is 17.1 Å². The summed E-state index contributed by atoms with van der Waals surface area (Å²) in [6, 6.07) is 7.76. The first-order valence-corrected chi connectivity index (χ1v) is 13.3. The van der Waals surface area contributed by atoms with Gasteiger partial charge < -0.3 is 20.7 Å². The molecule has 3 unspecified atom stereocenters. The van der Waals surface area contributed by atoms with Crippen molar-refractivity contribution in [1.82, 2.24) is 10.2 Å². The Balaban J connectivity index is 3.15. The number of nitrogens with two attached hydrogens (primary N) is 1. The number of likely N-dealkylation sites (N-methyl/N-ethyl adjacent to an activating group) is 1. The van der Waals surface area contributed by atoms with Crippen LogP contribution in [-0.2, 0) is 19.1 Å². The molecule has 3 atom stereocenters. The molecule has 0 aliphatic heterocycles. The Labute approximate surface area is 221 Å². The number of carbonyl (C=O) groups is 3. The number of nitrogens with one attached hydrogen (secondary N) is 1. The summed E-state index contributed by atoms with van der Waals surface area (Å²) in [6.07, 6.45) is 1.76. The summed E-state index contributed by atoms with van der Waals surface area (Å²) in [7, 11) is 1.70. The maximum absolute atomic E-state index is 13.7. The van der Waals surface area contributed by atoms with E-state index < -0.39 is 28.2 Å². The van der Waals surface area contributed by atoms with E-state index in [-0.39, 0.29) is 30.4 Å². The minimum absolute atomic E-state index is 0.0307. The summed E-state index contributed by atoms with van der Waals surface area (Å²) in [5.74, 6) is -1.01. The number of ether oxygens (including phenoxy) is 1. The summed E-state index contributed by atoms with van der Waals surface area (Å²) >= 11 is 1.52. The SMILES string of the molecule is CCOC(=O)/C(C)=C/C(C(C)C)N(C)C(=O)C(NC(=O)C(N)C(C)(C)Sc1ccccc1)C(C)(C)C. The van der Waals surface area contributed by atoms with Crippen molar-refractivity contribution >= 4 is 29.5 Å². The molecular weight excluding hydrogens is 474 g/mol. The van der Waals surface area contributed by atoms with Crippen LogP contribution in [0.2, 0.25) is 0 Å². The highest BCUT2D eigenvalue weighted by Crippen LogP contribution is 2.34. The molecule has 0 bridgehead atoms. The highest BCUT2D eigenvalue weighted by atomic mass is 32.2. The third-order valence-corrected chi connectivity index (χ3v) is 7.34. The molecule has 0 aromatic heterocycles. The molecular formula is C28H45N3O4S. The molecule has 0 aliphatic carbocycles. The van der Waals surface area contributed by atoms with Crippen LogP contribution in [0, 0.1) is 11.3 Å². The number of carbonyl (C=O) groups excluding carboxylic acids is 3. The highest BCUT2D eigenvalue weighted by Gasteiger charge is 2.40. The van der Waals surface area contributed by atoms with Gasteiger partial charge in [0.05, 0.1) is 18.7 Å². The van der Waals surface area contributed by atoms with Crippen molar-refractivity contribution in [2.45, 2.75) is 90.1 Å². The molecule has 1 rings (SSSR count). The van der Waals surface area contributed by atoms with Crippen molar-refractivity contribution in [2.75, 3.05) is 13.7 Å². The number of thioether (sulfide) groups is 1. The van der Waals surface area contributed by atoms with E-state index in [4.69, 9.17) is 10.5 Å². The number of hydrogen-bond donors (Lipinski definition) is 2. The number of esters is 1. The predicted octanol–water partition coefficient (Wildman–Crippen LogP) is 4.41. The van der Waals surface area contributed by atoms with Gasteiger partial charge in [0, 0.05) is 22.3 Å². The first-order chi connectivity index (χ1) is 16.5. The maximum Gasteiger partial charge on any atom is 0.333 e. The second-order valence-electron chi connectivity index (χ2n) is 11.1. The summed E-state index contributed by atoms with van der Waals surface area (Å²) in [5.41, 5.74) is 6.30. The van der Waals surface area contributed by atoms with Crippen molar-refractivity contribution in [3.63, 3.8) is 0 Å². The van der Waals surface area contributed by atoms with Crippen LogP contribution in [0.5, 0.6) is 0 Å².